The third kappa shape index (κ3) is 6.35. The van der Waals surface area contributed by atoms with Crippen LogP contribution in [0.25, 0.3) is 0 Å². The number of carbonyl (C=O) groups excluding carboxylic acids is 2. The highest BCUT2D eigenvalue weighted by Crippen LogP contribution is 2.36. The molecule has 0 spiro atoms. The first-order valence-corrected chi connectivity index (χ1v) is 11.2. The number of sulfone groups is 1. The predicted octanol–water partition coefficient (Wildman–Crippen LogP) is 4.00. The van der Waals surface area contributed by atoms with E-state index in [4.69, 9.17) is 4.42 Å². The molecule has 0 aliphatic rings. The van der Waals surface area contributed by atoms with Crippen LogP contribution in [0.2, 0.25) is 0 Å². The molecule has 0 fully saturated rings. The van der Waals surface area contributed by atoms with E-state index in [2.05, 4.69) is 16.0 Å². The Balaban J connectivity index is 1.68. The molecule has 0 saturated carbocycles. The molecule has 0 unspecified atom stereocenters. The van der Waals surface area contributed by atoms with Gasteiger partial charge >= 0.3 is 6.18 Å². The predicted molar refractivity (Wildman–Crippen MR) is 115 cm³/mol. The Morgan fingerprint density at radius 3 is 2.21 bits per heavy atom. The SMILES string of the molecule is CS(=O)(=O)c1ccc(NC(=O)CNc2ccc(NC(=O)c3ccoc3)cc2C(F)(F)F)cc1. The minimum absolute atomic E-state index is 0.0633. The van der Waals surface area contributed by atoms with Crippen molar-refractivity contribution in [1.29, 1.82) is 0 Å². The lowest BCUT2D eigenvalue weighted by molar-refractivity contribution is -0.137. The first-order chi connectivity index (χ1) is 15.4. The average molecular weight is 481 g/mol. The van der Waals surface area contributed by atoms with E-state index in [1.165, 1.54) is 42.7 Å². The maximum Gasteiger partial charge on any atom is 0.418 e. The molecule has 3 aromatic rings. The normalized spacial score (nSPS) is 11.6. The minimum atomic E-state index is -4.75. The number of rotatable bonds is 7. The van der Waals surface area contributed by atoms with Crippen molar-refractivity contribution in [2.45, 2.75) is 11.1 Å². The van der Waals surface area contributed by atoms with Crippen LogP contribution in [0.4, 0.5) is 30.2 Å². The van der Waals surface area contributed by atoms with Gasteiger partial charge in [-0.05, 0) is 48.5 Å². The van der Waals surface area contributed by atoms with Gasteiger partial charge in [-0.25, -0.2) is 8.42 Å². The lowest BCUT2D eigenvalue weighted by Crippen LogP contribution is -2.23. The molecule has 1 heterocycles. The Kier molecular flexibility index (Phi) is 6.77. The Labute approximate surface area is 186 Å². The van der Waals surface area contributed by atoms with Gasteiger partial charge in [-0.1, -0.05) is 0 Å². The third-order valence-electron chi connectivity index (χ3n) is 4.37. The molecule has 3 rings (SSSR count). The molecule has 0 atom stereocenters. The van der Waals surface area contributed by atoms with E-state index in [9.17, 15) is 31.2 Å². The van der Waals surface area contributed by atoms with Gasteiger partial charge in [0.2, 0.25) is 5.91 Å². The van der Waals surface area contributed by atoms with Crippen molar-refractivity contribution in [3.05, 3.63) is 72.2 Å². The summed E-state index contributed by atoms with van der Waals surface area (Å²) in [7, 11) is -3.40. The highest BCUT2D eigenvalue weighted by Gasteiger charge is 2.34. The fraction of sp³-hybridized carbons (Fsp3) is 0.143. The lowest BCUT2D eigenvalue weighted by atomic mass is 10.1. The van der Waals surface area contributed by atoms with E-state index in [1.807, 2.05) is 0 Å². The second kappa shape index (κ2) is 9.36. The van der Waals surface area contributed by atoms with Crippen LogP contribution < -0.4 is 16.0 Å². The number of amides is 2. The number of anilines is 3. The quantitative estimate of drug-likeness (QED) is 0.470. The maximum atomic E-state index is 13.5. The molecule has 1 aromatic heterocycles. The fourth-order valence-electron chi connectivity index (χ4n) is 2.77. The van der Waals surface area contributed by atoms with Crippen LogP contribution >= 0.6 is 0 Å². The van der Waals surface area contributed by atoms with E-state index >= 15 is 0 Å². The largest absolute Gasteiger partial charge is 0.472 e. The molecule has 0 aliphatic heterocycles. The van der Waals surface area contributed by atoms with Gasteiger partial charge in [0.15, 0.2) is 9.84 Å². The van der Waals surface area contributed by atoms with Gasteiger partial charge in [-0.15, -0.1) is 0 Å². The number of furan rings is 1. The summed E-state index contributed by atoms with van der Waals surface area (Å²) >= 11 is 0. The van der Waals surface area contributed by atoms with Gasteiger partial charge in [0.05, 0.1) is 28.8 Å². The van der Waals surface area contributed by atoms with Crippen LogP contribution in [0.1, 0.15) is 15.9 Å². The molecule has 174 valence electrons. The standard InChI is InChI=1S/C21H18F3N3O5S/c1-33(30,31)16-5-2-14(3-6-16)26-19(28)11-25-18-7-4-15(10-17(18)21(22,23)24)27-20(29)13-8-9-32-12-13/h2-10,12,25H,11H2,1H3,(H,26,28)(H,27,29). The summed E-state index contributed by atoms with van der Waals surface area (Å²) in [5.74, 6) is -1.29. The van der Waals surface area contributed by atoms with Crippen molar-refractivity contribution >= 4 is 38.7 Å². The monoisotopic (exact) mass is 481 g/mol. The van der Waals surface area contributed by atoms with Crippen molar-refractivity contribution in [3.8, 4) is 0 Å². The average Bonchev–Trinajstić information content (AvgIpc) is 3.27. The zero-order chi connectivity index (χ0) is 24.2. The molecular formula is C21H18F3N3O5S. The first kappa shape index (κ1) is 23.9. The summed E-state index contributed by atoms with van der Waals surface area (Å²) < 4.78 is 68.3. The Bertz CT molecular complexity index is 1260. The molecular weight excluding hydrogens is 463 g/mol. The van der Waals surface area contributed by atoms with Crippen molar-refractivity contribution in [2.75, 3.05) is 28.8 Å². The van der Waals surface area contributed by atoms with Crippen molar-refractivity contribution in [1.82, 2.24) is 0 Å². The van der Waals surface area contributed by atoms with Gasteiger partial charge in [0.1, 0.15) is 6.26 Å². The van der Waals surface area contributed by atoms with E-state index < -0.39 is 39.9 Å². The topological polar surface area (TPSA) is 118 Å². The molecule has 0 radical (unpaired) electrons. The summed E-state index contributed by atoms with van der Waals surface area (Å²) in [6.45, 7) is -0.488. The van der Waals surface area contributed by atoms with E-state index in [-0.39, 0.29) is 27.5 Å². The summed E-state index contributed by atoms with van der Waals surface area (Å²) in [6.07, 6.45) is -1.30. The summed E-state index contributed by atoms with van der Waals surface area (Å²) in [5, 5.41) is 7.23. The van der Waals surface area contributed by atoms with Gasteiger partial charge in [-0.2, -0.15) is 13.2 Å². The molecule has 8 nitrogen and oxygen atoms in total. The van der Waals surface area contributed by atoms with E-state index in [0.717, 1.165) is 24.7 Å². The van der Waals surface area contributed by atoms with Crippen LogP contribution in [-0.2, 0) is 20.8 Å². The van der Waals surface area contributed by atoms with Crippen LogP contribution in [0, 0.1) is 0 Å². The second-order valence-corrected chi connectivity index (χ2v) is 8.94. The molecule has 12 heteroatoms. The highest BCUT2D eigenvalue weighted by atomic mass is 32.2. The number of nitrogens with one attached hydrogen (secondary N) is 3. The zero-order valence-corrected chi connectivity index (χ0v) is 17.9. The van der Waals surface area contributed by atoms with Crippen molar-refractivity contribution in [2.24, 2.45) is 0 Å². The number of hydrogen-bond acceptors (Lipinski definition) is 6. The van der Waals surface area contributed by atoms with Gasteiger partial charge in [0, 0.05) is 23.3 Å². The van der Waals surface area contributed by atoms with Crippen molar-refractivity contribution < 1.29 is 35.6 Å². The van der Waals surface area contributed by atoms with Gasteiger partial charge in [-0.3, -0.25) is 9.59 Å². The zero-order valence-electron chi connectivity index (χ0n) is 17.1. The molecule has 3 N–H and O–H groups in total. The van der Waals surface area contributed by atoms with E-state index in [0.29, 0.717) is 0 Å². The summed E-state index contributed by atoms with van der Waals surface area (Å²) in [6, 6.07) is 9.82. The molecule has 0 saturated heterocycles. The van der Waals surface area contributed by atoms with Crippen LogP contribution in [0.15, 0.2) is 70.4 Å². The molecule has 0 aliphatic carbocycles. The Hall–Kier alpha value is -3.80. The Morgan fingerprint density at radius 1 is 0.970 bits per heavy atom. The first-order valence-electron chi connectivity index (χ1n) is 9.32. The lowest BCUT2D eigenvalue weighted by Gasteiger charge is -2.16. The number of alkyl halides is 3. The summed E-state index contributed by atoms with van der Waals surface area (Å²) in [5.41, 5.74) is -1.09. The second-order valence-electron chi connectivity index (χ2n) is 6.92. The number of hydrogen-bond donors (Lipinski definition) is 3. The smallest absolute Gasteiger partial charge is 0.418 e. The fourth-order valence-corrected chi connectivity index (χ4v) is 3.40. The highest BCUT2D eigenvalue weighted by molar-refractivity contribution is 7.90. The van der Waals surface area contributed by atoms with E-state index in [1.54, 1.807) is 0 Å². The minimum Gasteiger partial charge on any atom is -0.472 e. The number of benzene rings is 2. The van der Waals surface area contributed by atoms with Gasteiger partial charge < -0.3 is 20.4 Å². The third-order valence-corrected chi connectivity index (χ3v) is 5.50. The maximum absolute atomic E-state index is 13.5. The van der Waals surface area contributed by atoms with Crippen molar-refractivity contribution in [3.63, 3.8) is 0 Å². The van der Waals surface area contributed by atoms with Crippen LogP contribution in [0.3, 0.4) is 0 Å². The Morgan fingerprint density at radius 2 is 1.64 bits per heavy atom. The van der Waals surface area contributed by atoms with Crippen LogP contribution in [0.5, 0.6) is 0 Å². The van der Waals surface area contributed by atoms with Crippen LogP contribution in [-0.4, -0.2) is 33.0 Å². The van der Waals surface area contributed by atoms with Gasteiger partial charge in [0.25, 0.3) is 5.91 Å². The molecule has 0 bridgehead atoms. The molecule has 2 aromatic carbocycles. The molecule has 33 heavy (non-hydrogen) atoms. The summed E-state index contributed by atoms with van der Waals surface area (Å²) in [4.78, 5) is 24.2. The number of carbonyl (C=O) groups is 2. The molecule has 2 amide bonds. The number of halogens is 3.